The monoisotopic (exact) mass is 280 g/mol. The van der Waals surface area contributed by atoms with Gasteiger partial charge in [0.15, 0.2) is 11.5 Å². The predicted molar refractivity (Wildman–Crippen MR) is 74.5 cm³/mol. The molecule has 0 radical (unpaired) electrons. The van der Waals surface area contributed by atoms with Crippen LogP contribution in [-0.4, -0.2) is 52.5 Å². The van der Waals surface area contributed by atoms with Gasteiger partial charge in [0.05, 0.1) is 33.0 Å². The minimum absolute atomic E-state index is 0.143. The van der Waals surface area contributed by atoms with Crippen LogP contribution in [0.4, 0.5) is 0 Å². The summed E-state index contributed by atoms with van der Waals surface area (Å²) in [6.07, 6.45) is 0. The molecule has 20 heavy (non-hydrogen) atoms. The maximum Gasteiger partial charge on any atom is 0.255 e. The first-order valence-corrected chi connectivity index (χ1v) is 6.56. The van der Waals surface area contributed by atoms with Gasteiger partial charge in [0, 0.05) is 19.1 Å². The van der Waals surface area contributed by atoms with Gasteiger partial charge in [0.1, 0.15) is 0 Å². The van der Waals surface area contributed by atoms with Crippen molar-refractivity contribution in [3.63, 3.8) is 0 Å². The molecule has 0 bridgehead atoms. The molecule has 1 saturated heterocycles. The Balaban J connectivity index is 2.01. The van der Waals surface area contributed by atoms with Crippen molar-refractivity contribution >= 4 is 5.91 Å². The molecule has 0 spiro atoms. The summed E-state index contributed by atoms with van der Waals surface area (Å²) in [5.41, 5.74) is 0.462. The van der Waals surface area contributed by atoms with Crippen LogP contribution < -0.4 is 20.1 Å². The number of carbonyl (C=O) groups is 1. The van der Waals surface area contributed by atoms with Gasteiger partial charge >= 0.3 is 0 Å². The largest absolute Gasteiger partial charge is 0.493 e. The maximum absolute atomic E-state index is 12.2. The molecule has 1 aromatic carbocycles. The van der Waals surface area contributed by atoms with Gasteiger partial charge in [-0.1, -0.05) is 6.07 Å². The van der Waals surface area contributed by atoms with E-state index in [9.17, 15) is 4.79 Å². The van der Waals surface area contributed by atoms with Gasteiger partial charge in [-0.15, -0.1) is 0 Å². The number of amides is 1. The van der Waals surface area contributed by atoms with Crippen LogP contribution in [0.5, 0.6) is 11.5 Å². The summed E-state index contributed by atoms with van der Waals surface area (Å²) in [4.78, 5) is 12.2. The van der Waals surface area contributed by atoms with E-state index in [0.717, 1.165) is 6.54 Å². The molecule has 6 nitrogen and oxygen atoms in total. The third-order valence-electron chi connectivity index (χ3n) is 3.16. The highest BCUT2D eigenvalue weighted by Crippen LogP contribution is 2.30. The lowest BCUT2D eigenvalue weighted by Gasteiger charge is -2.24. The minimum atomic E-state index is -0.187. The van der Waals surface area contributed by atoms with Crippen molar-refractivity contribution in [2.24, 2.45) is 0 Å². The Labute approximate surface area is 118 Å². The van der Waals surface area contributed by atoms with E-state index in [4.69, 9.17) is 14.2 Å². The lowest BCUT2D eigenvalue weighted by Crippen LogP contribution is -2.48. The molecule has 1 atom stereocenters. The number of carbonyl (C=O) groups excluding carboxylic acids is 1. The standard InChI is InChI=1S/C14H20N2O4/c1-18-12-5-3-4-11(13(12)19-2)14(17)16-8-10-9-20-7-6-15-10/h3-5,10,15H,6-9H2,1-2H3,(H,16,17). The number of benzene rings is 1. The first-order valence-electron chi connectivity index (χ1n) is 6.56. The molecule has 1 amide bonds. The lowest BCUT2D eigenvalue weighted by atomic mass is 10.1. The number of morpholine rings is 1. The predicted octanol–water partition coefficient (Wildman–Crippen LogP) is 0.422. The Morgan fingerprint density at radius 1 is 1.45 bits per heavy atom. The van der Waals surface area contributed by atoms with E-state index in [-0.39, 0.29) is 11.9 Å². The second-order valence-electron chi connectivity index (χ2n) is 4.48. The number of para-hydroxylation sites is 1. The first kappa shape index (κ1) is 14.6. The normalized spacial score (nSPS) is 18.4. The molecule has 1 aromatic rings. The number of ether oxygens (including phenoxy) is 3. The van der Waals surface area contributed by atoms with Crippen molar-refractivity contribution in [3.05, 3.63) is 23.8 Å². The Kier molecular flexibility index (Phi) is 5.20. The van der Waals surface area contributed by atoms with Gasteiger partial charge in [-0.3, -0.25) is 4.79 Å². The second-order valence-corrected chi connectivity index (χ2v) is 4.48. The van der Waals surface area contributed by atoms with Gasteiger partial charge in [0.25, 0.3) is 5.91 Å². The van der Waals surface area contributed by atoms with Crippen LogP contribution in [-0.2, 0) is 4.74 Å². The molecule has 0 aromatic heterocycles. The van der Waals surface area contributed by atoms with Crippen LogP contribution in [0.3, 0.4) is 0 Å². The molecular weight excluding hydrogens is 260 g/mol. The molecule has 1 heterocycles. The molecule has 1 aliphatic heterocycles. The van der Waals surface area contributed by atoms with E-state index in [1.54, 1.807) is 25.3 Å². The Bertz CT molecular complexity index is 458. The highest BCUT2D eigenvalue weighted by molar-refractivity contribution is 5.97. The van der Waals surface area contributed by atoms with E-state index in [1.165, 1.54) is 7.11 Å². The first-order chi connectivity index (χ1) is 9.76. The molecule has 110 valence electrons. The number of rotatable bonds is 5. The van der Waals surface area contributed by atoms with Gasteiger partial charge in [-0.05, 0) is 12.1 Å². The summed E-state index contributed by atoms with van der Waals surface area (Å²) in [7, 11) is 3.06. The van der Waals surface area contributed by atoms with Crippen molar-refractivity contribution in [2.75, 3.05) is 40.5 Å². The van der Waals surface area contributed by atoms with Crippen LogP contribution in [0.1, 0.15) is 10.4 Å². The fourth-order valence-electron chi connectivity index (χ4n) is 2.13. The topological polar surface area (TPSA) is 68.8 Å². The second kappa shape index (κ2) is 7.12. The Morgan fingerprint density at radius 2 is 2.30 bits per heavy atom. The molecule has 0 aliphatic carbocycles. The number of nitrogens with one attached hydrogen (secondary N) is 2. The van der Waals surface area contributed by atoms with Crippen molar-refractivity contribution in [3.8, 4) is 11.5 Å². The summed E-state index contributed by atoms with van der Waals surface area (Å²) >= 11 is 0. The number of hydrogen-bond donors (Lipinski definition) is 2. The molecule has 2 N–H and O–H groups in total. The third kappa shape index (κ3) is 3.40. The Morgan fingerprint density at radius 3 is 2.95 bits per heavy atom. The Hall–Kier alpha value is -1.79. The van der Waals surface area contributed by atoms with Crippen molar-refractivity contribution in [1.29, 1.82) is 0 Å². The van der Waals surface area contributed by atoms with Gasteiger partial charge < -0.3 is 24.8 Å². The number of methoxy groups -OCH3 is 2. The van der Waals surface area contributed by atoms with E-state index in [0.29, 0.717) is 36.8 Å². The quantitative estimate of drug-likeness (QED) is 0.818. The van der Waals surface area contributed by atoms with Gasteiger partial charge in [0.2, 0.25) is 0 Å². The van der Waals surface area contributed by atoms with E-state index < -0.39 is 0 Å². The molecule has 6 heteroatoms. The molecule has 1 aliphatic rings. The van der Waals surface area contributed by atoms with E-state index in [1.807, 2.05) is 0 Å². The van der Waals surface area contributed by atoms with Crippen LogP contribution in [0.15, 0.2) is 18.2 Å². The summed E-state index contributed by atoms with van der Waals surface area (Å²) in [5.74, 6) is 0.799. The van der Waals surface area contributed by atoms with Crippen LogP contribution in [0.2, 0.25) is 0 Å². The van der Waals surface area contributed by atoms with Crippen LogP contribution in [0, 0.1) is 0 Å². The zero-order valence-corrected chi connectivity index (χ0v) is 11.8. The average Bonchev–Trinajstić information content (AvgIpc) is 2.52. The van der Waals surface area contributed by atoms with Gasteiger partial charge in [-0.2, -0.15) is 0 Å². The SMILES string of the molecule is COc1cccc(C(=O)NCC2COCCN2)c1OC. The fraction of sp³-hybridized carbons (Fsp3) is 0.500. The zero-order valence-electron chi connectivity index (χ0n) is 11.8. The molecule has 1 unspecified atom stereocenters. The summed E-state index contributed by atoms with van der Waals surface area (Å²) in [6, 6.07) is 5.37. The minimum Gasteiger partial charge on any atom is -0.493 e. The highest BCUT2D eigenvalue weighted by Gasteiger charge is 2.18. The molecule has 1 fully saturated rings. The zero-order chi connectivity index (χ0) is 14.4. The van der Waals surface area contributed by atoms with E-state index >= 15 is 0 Å². The van der Waals surface area contributed by atoms with Crippen molar-refractivity contribution in [2.45, 2.75) is 6.04 Å². The summed E-state index contributed by atoms with van der Waals surface area (Å²) in [6.45, 7) is 2.64. The number of hydrogen-bond acceptors (Lipinski definition) is 5. The highest BCUT2D eigenvalue weighted by atomic mass is 16.5. The van der Waals surface area contributed by atoms with Crippen LogP contribution >= 0.6 is 0 Å². The third-order valence-corrected chi connectivity index (χ3v) is 3.16. The molecular formula is C14H20N2O4. The van der Waals surface area contributed by atoms with Gasteiger partial charge in [-0.25, -0.2) is 0 Å². The van der Waals surface area contributed by atoms with E-state index in [2.05, 4.69) is 10.6 Å². The molecule has 0 saturated carbocycles. The van der Waals surface area contributed by atoms with Crippen molar-refractivity contribution < 1.29 is 19.0 Å². The average molecular weight is 280 g/mol. The fourth-order valence-corrected chi connectivity index (χ4v) is 2.13. The molecule has 2 rings (SSSR count). The summed E-state index contributed by atoms with van der Waals surface area (Å²) < 4.78 is 15.8. The summed E-state index contributed by atoms with van der Waals surface area (Å²) in [5, 5.41) is 6.16. The lowest BCUT2D eigenvalue weighted by molar-refractivity contribution is 0.0734. The van der Waals surface area contributed by atoms with Crippen LogP contribution in [0.25, 0.3) is 0 Å². The maximum atomic E-state index is 12.2. The van der Waals surface area contributed by atoms with Crippen molar-refractivity contribution in [1.82, 2.24) is 10.6 Å². The smallest absolute Gasteiger partial charge is 0.255 e.